The summed E-state index contributed by atoms with van der Waals surface area (Å²) < 4.78 is 0. The molecule has 8 nitrogen and oxygen atoms in total. The Labute approximate surface area is 131 Å². The van der Waals surface area contributed by atoms with Crippen molar-refractivity contribution in [2.24, 2.45) is 0 Å². The minimum absolute atomic E-state index is 0.701. The first-order valence-electron chi connectivity index (χ1n) is 6.27. The van der Waals surface area contributed by atoms with E-state index in [0.29, 0.717) is 0 Å². The van der Waals surface area contributed by atoms with Crippen LogP contribution in [0.25, 0.3) is 0 Å². The molecule has 122 valence electrons. The number of aromatic carboxylic acids is 2. The number of nitrogen functional groups attached to an aromatic ring is 2. The molecule has 2 aromatic rings. The zero-order chi connectivity index (χ0) is 17.7. The monoisotopic (exact) mass is 320 g/mol. The Bertz CT molecular complexity index is 668. The molecule has 0 saturated heterocycles. The van der Waals surface area contributed by atoms with E-state index in [1.807, 2.05) is 19.1 Å². The molecule has 2 rings (SSSR count). The van der Waals surface area contributed by atoms with Crippen LogP contribution in [0.2, 0.25) is 0 Å². The minimum Gasteiger partial charge on any atom is -0.507 e. The van der Waals surface area contributed by atoms with E-state index in [1.165, 1.54) is 0 Å². The van der Waals surface area contributed by atoms with Crippen molar-refractivity contribution in [3.8, 4) is 11.5 Å². The number of nitrogens with two attached hydrogens (primary N) is 2. The molecule has 8 N–H and O–H groups in total. The molecule has 0 bridgehead atoms. The maximum absolute atomic E-state index is 10.6. The van der Waals surface area contributed by atoms with Crippen LogP contribution in [0.1, 0.15) is 26.3 Å². The van der Waals surface area contributed by atoms with E-state index in [-0.39, 0.29) is 0 Å². The molecule has 0 saturated carbocycles. The predicted octanol–water partition coefficient (Wildman–Crippen LogP) is 1.65. The summed E-state index contributed by atoms with van der Waals surface area (Å²) in [6, 6.07) is 7.33. The largest absolute Gasteiger partial charge is 0.507 e. The Morgan fingerprint density at radius 2 is 1.17 bits per heavy atom. The summed E-state index contributed by atoms with van der Waals surface area (Å²) >= 11 is 0. The third kappa shape index (κ3) is 4.53. The van der Waals surface area contributed by atoms with Gasteiger partial charge < -0.3 is 31.9 Å². The highest BCUT2D eigenvalue weighted by atomic mass is 16.4. The van der Waals surface area contributed by atoms with Crippen molar-refractivity contribution in [1.29, 1.82) is 0 Å². The van der Waals surface area contributed by atoms with Gasteiger partial charge in [-0.15, -0.1) is 0 Å². The van der Waals surface area contributed by atoms with Gasteiger partial charge in [-0.3, -0.25) is 0 Å². The van der Waals surface area contributed by atoms with Gasteiger partial charge in [-0.05, 0) is 42.8 Å². The number of hydrogen-bond donors (Lipinski definition) is 6. The van der Waals surface area contributed by atoms with Crippen LogP contribution in [-0.2, 0) is 0 Å². The van der Waals surface area contributed by atoms with Gasteiger partial charge in [-0.1, -0.05) is 0 Å². The number of carboxylic acids is 2. The lowest BCUT2D eigenvalue weighted by molar-refractivity contribution is 0.0645. The van der Waals surface area contributed by atoms with Gasteiger partial charge >= 0.3 is 11.9 Å². The second-order valence-electron chi connectivity index (χ2n) is 4.64. The molecule has 0 radical (unpaired) electrons. The summed E-state index contributed by atoms with van der Waals surface area (Å²) in [5, 5.41) is 35.3. The van der Waals surface area contributed by atoms with Gasteiger partial charge in [0, 0.05) is 11.4 Å². The summed E-state index contributed by atoms with van der Waals surface area (Å²) in [7, 11) is 0. The SMILES string of the molecule is Cc1cc(N)cc(N)c1.O=C(O)c1c(O)ccc(O)c1C(=O)O. The van der Waals surface area contributed by atoms with Gasteiger partial charge in [0.15, 0.2) is 0 Å². The standard InChI is InChI=1S/C8H6O6.C7H10N2/c9-3-1-2-4(10)6(8(13)14)5(3)7(11)12;1-5-2-6(8)4-7(9)3-5/h1-2,9-10H,(H,11,12)(H,13,14);2-4H,8-9H2,1H3. The first-order valence-corrected chi connectivity index (χ1v) is 6.27. The van der Waals surface area contributed by atoms with Crippen LogP contribution in [-0.4, -0.2) is 32.4 Å². The molecule has 0 aliphatic carbocycles. The molecule has 0 spiro atoms. The van der Waals surface area contributed by atoms with E-state index in [1.54, 1.807) is 6.07 Å². The quantitative estimate of drug-likeness (QED) is 0.358. The third-order valence-electron chi connectivity index (χ3n) is 2.71. The second-order valence-corrected chi connectivity index (χ2v) is 4.64. The van der Waals surface area contributed by atoms with Crippen molar-refractivity contribution >= 4 is 23.3 Å². The van der Waals surface area contributed by atoms with Crippen molar-refractivity contribution in [2.45, 2.75) is 6.92 Å². The topological polar surface area (TPSA) is 167 Å². The fourth-order valence-electron chi connectivity index (χ4n) is 1.86. The molecule has 2 aromatic carbocycles. The second kappa shape index (κ2) is 7.03. The number of carboxylic acid groups (broad SMARTS) is 2. The van der Waals surface area contributed by atoms with Gasteiger partial charge in [0.25, 0.3) is 0 Å². The number of carbonyl (C=O) groups is 2. The molecular weight excluding hydrogens is 304 g/mol. The van der Waals surface area contributed by atoms with Crippen molar-refractivity contribution in [3.05, 3.63) is 47.0 Å². The molecule has 0 amide bonds. The summed E-state index contributed by atoms with van der Waals surface area (Å²) in [4.78, 5) is 21.1. The number of phenols is 2. The van der Waals surface area contributed by atoms with Crippen LogP contribution in [0.5, 0.6) is 11.5 Å². The van der Waals surface area contributed by atoms with E-state index in [4.69, 9.17) is 31.9 Å². The molecule has 0 aliphatic rings. The van der Waals surface area contributed by atoms with E-state index in [0.717, 1.165) is 29.1 Å². The van der Waals surface area contributed by atoms with Crippen LogP contribution >= 0.6 is 0 Å². The molecule has 0 heterocycles. The molecule has 8 heteroatoms. The van der Waals surface area contributed by atoms with Crippen LogP contribution in [0.3, 0.4) is 0 Å². The van der Waals surface area contributed by atoms with E-state index in [9.17, 15) is 9.59 Å². The van der Waals surface area contributed by atoms with Crippen LogP contribution in [0, 0.1) is 6.92 Å². The summed E-state index contributed by atoms with van der Waals surface area (Å²) in [6.45, 7) is 1.96. The first kappa shape index (κ1) is 17.6. The first-order chi connectivity index (χ1) is 10.6. The van der Waals surface area contributed by atoms with Gasteiger partial charge in [-0.25, -0.2) is 9.59 Å². The summed E-state index contributed by atoms with van der Waals surface area (Å²) in [5.74, 6) is -4.63. The lowest BCUT2D eigenvalue weighted by Crippen LogP contribution is -2.08. The molecular formula is C15H16N2O6. The number of hydrogen-bond acceptors (Lipinski definition) is 6. The molecule has 0 fully saturated rings. The molecule has 23 heavy (non-hydrogen) atoms. The highest BCUT2D eigenvalue weighted by Gasteiger charge is 2.23. The van der Waals surface area contributed by atoms with E-state index < -0.39 is 34.6 Å². The fourth-order valence-corrected chi connectivity index (χ4v) is 1.86. The zero-order valence-electron chi connectivity index (χ0n) is 12.1. The van der Waals surface area contributed by atoms with Gasteiger partial charge in [-0.2, -0.15) is 0 Å². The van der Waals surface area contributed by atoms with Crippen molar-refractivity contribution < 1.29 is 30.0 Å². The smallest absolute Gasteiger partial charge is 0.340 e. The van der Waals surface area contributed by atoms with Gasteiger partial charge in [0.1, 0.15) is 22.6 Å². The van der Waals surface area contributed by atoms with E-state index in [2.05, 4.69) is 0 Å². The number of anilines is 2. The average Bonchev–Trinajstić information content (AvgIpc) is 2.39. The third-order valence-corrected chi connectivity index (χ3v) is 2.71. The highest BCUT2D eigenvalue weighted by molar-refractivity contribution is 6.05. The number of aromatic hydroxyl groups is 2. The van der Waals surface area contributed by atoms with Crippen molar-refractivity contribution in [2.75, 3.05) is 11.5 Å². The lowest BCUT2D eigenvalue weighted by Gasteiger charge is -2.05. The number of benzene rings is 2. The zero-order valence-corrected chi connectivity index (χ0v) is 12.1. The fraction of sp³-hybridized carbons (Fsp3) is 0.0667. The normalized spacial score (nSPS) is 9.61. The van der Waals surface area contributed by atoms with Gasteiger partial charge in [0.05, 0.1) is 0 Å². The maximum atomic E-state index is 10.6. The van der Waals surface area contributed by atoms with Crippen LogP contribution < -0.4 is 11.5 Å². The highest BCUT2D eigenvalue weighted by Crippen LogP contribution is 2.28. The minimum atomic E-state index is -1.62. The summed E-state index contributed by atoms with van der Waals surface area (Å²) in [5.41, 5.74) is 11.9. The Morgan fingerprint density at radius 3 is 1.43 bits per heavy atom. The predicted molar refractivity (Wildman–Crippen MR) is 83.7 cm³/mol. The maximum Gasteiger partial charge on any atom is 0.340 e. The molecule has 0 aromatic heterocycles. The Kier molecular flexibility index (Phi) is 5.39. The van der Waals surface area contributed by atoms with Crippen LogP contribution in [0.15, 0.2) is 30.3 Å². The Balaban J connectivity index is 0.000000253. The van der Waals surface area contributed by atoms with Crippen molar-refractivity contribution in [3.63, 3.8) is 0 Å². The molecule has 0 aliphatic heterocycles. The number of aryl methyl sites for hydroxylation is 1. The molecule has 0 atom stereocenters. The number of rotatable bonds is 2. The molecule has 0 unspecified atom stereocenters. The summed E-state index contributed by atoms with van der Waals surface area (Å²) in [6.07, 6.45) is 0. The lowest BCUT2D eigenvalue weighted by atomic mass is 10.1. The average molecular weight is 320 g/mol. The Morgan fingerprint density at radius 1 is 0.826 bits per heavy atom. The van der Waals surface area contributed by atoms with E-state index >= 15 is 0 Å². The van der Waals surface area contributed by atoms with Crippen molar-refractivity contribution in [1.82, 2.24) is 0 Å². The van der Waals surface area contributed by atoms with Crippen LogP contribution in [0.4, 0.5) is 11.4 Å². The Hall–Kier alpha value is -3.42. The van der Waals surface area contributed by atoms with Gasteiger partial charge in [0.2, 0.25) is 0 Å².